The largest absolute Gasteiger partial charge is 0.491 e. The predicted molar refractivity (Wildman–Crippen MR) is 65.4 cm³/mol. The lowest BCUT2D eigenvalue weighted by molar-refractivity contribution is 0.242. The van der Waals surface area contributed by atoms with E-state index in [0.717, 1.165) is 12.2 Å². The molecule has 1 aromatic rings. The van der Waals surface area contributed by atoms with Crippen molar-refractivity contribution in [2.75, 3.05) is 0 Å². The third kappa shape index (κ3) is 3.78. The number of allylic oxidation sites excluding steroid dienone is 1. The highest BCUT2D eigenvalue weighted by Gasteiger charge is 2.03. The molecule has 1 heteroatoms. The first-order chi connectivity index (χ1) is 7.13. The number of hydrogen-bond acceptors (Lipinski definition) is 1. The Morgan fingerprint density at radius 3 is 2.27 bits per heavy atom. The summed E-state index contributed by atoms with van der Waals surface area (Å²) in [4.78, 5) is 0. The summed E-state index contributed by atoms with van der Waals surface area (Å²) in [6.07, 6.45) is 3.22. The molecule has 0 aliphatic carbocycles. The maximum atomic E-state index is 5.59. The molecule has 0 N–H and O–H groups in total. The third-order valence-electron chi connectivity index (χ3n) is 2.34. The molecule has 1 atom stereocenters. The topological polar surface area (TPSA) is 9.23 Å². The molecule has 0 bridgehead atoms. The molecule has 1 rings (SSSR count). The molecule has 82 valence electrons. The van der Waals surface area contributed by atoms with E-state index >= 15 is 0 Å². The minimum absolute atomic E-state index is 0.237. The molecule has 0 fully saturated rings. The average molecular weight is 204 g/mol. The molecule has 0 saturated carbocycles. The molecular formula is C14H20O. The molecule has 1 unspecified atom stereocenters. The van der Waals surface area contributed by atoms with Crippen LogP contribution in [-0.2, 0) is 0 Å². The first kappa shape index (κ1) is 11.8. The van der Waals surface area contributed by atoms with Crippen molar-refractivity contribution in [1.82, 2.24) is 0 Å². The molecule has 1 nitrogen and oxygen atoms in total. The van der Waals surface area contributed by atoms with Crippen LogP contribution in [0.3, 0.4) is 0 Å². The normalized spacial score (nSPS) is 12.5. The Balaban J connectivity index is 2.67. The Bertz CT molecular complexity index is 298. The van der Waals surface area contributed by atoms with E-state index in [-0.39, 0.29) is 6.10 Å². The van der Waals surface area contributed by atoms with E-state index < -0.39 is 0 Å². The average Bonchev–Trinajstić information content (AvgIpc) is 2.18. The van der Waals surface area contributed by atoms with Crippen molar-refractivity contribution in [3.8, 4) is 5.75 Å². The van der Waals surface area contributed by atoms with Crippen molar-refractivity contribution in [2.45, 2.75) is 39.2 Å². The van der Waals surface area contributed by atoms with Crippen LogP contribution in [0.15, 0.2) is 36.9 Å². The maximum absolute atomic E-state index is 5.59. The number of rotatable bonds is 5. The van der Waals surface area contributed by atoms with Gasteiger partial charge in [-0.2, -0.15) is 0 Å². The van der Waals surface area contributed by atoms with Gasteiger partial charge in [0, 0.05) is 0 Å². The first-order valence-electron chi connectivity index (χ1n) is 5.51. The van der Waals surface area contributed by atoms with Crippen LogP contribution < -0.4 is 4.74 Å². The van der Waals surface area contributed by atoms with Gasteiger partial charge in [-0.05, 0) is 43.9 Å². The standard InChI is InChI=1S/C14H20O/c1-5-6-12(4)13-7-9-14(10-8-13)15-11(2)3/h5,7-12H,1,6H2,2-4H3. The van der Waals surface area contributed by atoms with Crippen molar-refractivity contribution in [3.63, 3.8) is 0 Å². The van der Waals surface area contributed by atoms with Crippen LogP contribution >= 0.6 is 0 Å². The van der Waals surface area contributed by atoms with E-state index in [9.17, 15) is 0 Å². The van der Waals surface area contributed by atoms with E-state index in [1.807, 2.05) is 32.1 Å². The van der Waals surface area contributed by atoms with Gasteiger partial charge in [-0.15, -0.1) is 6.58 Å². The smallest absolute Gasteiger partial charge is 0.119 e. The van der Waals surface area contributed by atoms with Crippen LogP contribution in [-0.4, -0.2) is 6.10 Å². The highest BCUT2D eigenvalue weighted by molar-refractivity contribution is 5.29. The summed E-state index contributed by atoms with van der Waals surface area (Å²) in [5.41, 5.74) is 1.34. The Kier molecular flexibility index (Phi) is 4.41. The van der Waals surface area contributed by atoms with Crippen molar-refractivity contribution >= 4 is 0 Å². The molecule has 0 radical (unpaired) electrons. The van der Waals surface area contributed by atoms with Gasteiger partial charge in [-0.3, -0.25) is 0 Å². The lowest BCUT2D eigenvalue weighted by Gasteiger charge is -2.12. The Morgan fingerprint density at radius 2 is 1.80 bits per heavy atom. The van der Waals surface area contributed by atoms with Crippen LogP contribution in [0.4, 0.5) is 0 Å². The summed E-state index contributed by atoms with van der Waals surface area (Å²) in [6.45, 7) is 10.0. The van der Waals surface area contributed by atoms with Crippen LogP contribution in [0.25, 0.3) is 0 Å². The van der Waals surface area contributed by atoms with Crippen molar-refractivity contribution in [2.24, 2.45) is 0 Å². The second-order valence-electron chi connectivity index (χ2n) is 4.16. The van der Waals surface area contributed by atoms with Crippen LogP contribution in [0.2, 0.25) is 0 Å². The van der Waals surface area contributed by atoms with Gasteiger partial charge in [-0.1, -0.05) is 25.1 Å². The lowest BCUT2D eigenvalue weighted by atomic mass is 9.98. The zero-order valence-corrected chi connectivity index (χ0v) is 9.86. The van der Waals surface area contributed by atoms with E-state index in [2.05, 4.69) is 25.6 Å². The Hall–Kier alpha value is -1.24. The van der Waals surface area contributed by atoms with Gasteiger partial charge in [0.25, 0.3) is 0 Å². The molecule has 0 aromatic heterocycles. The van der Waals surface area contributed by atoms with Crippen molar-refractivity contribution in [3.05, 3.63) is 42.5 Å². The molecule has 0 heterocycles. The fourth-order valence-electron chi connectivity index (χ4n) is 1.53. The quantitative estimate of drug-likeness (QED) is 0.654. The van der Waals surface area contributed by atoms with Gasteiger partial charge < -0.3 is 4.74 Å². The Labute approximate surface area is 92.8 Å². The first-order valence-corrected chi connectivity index (χ1v) is 5.51. The maximum Gasteiger partial charge on any atom is 0.119 e. The van der Waals surface area contributed by atoms with Crippen molar-refractivity contribution < 1.29 is 4.74 Å². The van der Waals surface area contributed by atoms with E-state index in [1.165, 1.54) is 5.56 Å². The summed E-state index contributed by atoms with van der Waals surface area (Å²) in [7, 11) is 0. The van der Waals surface area contributed by atoms with Gasteiger partial charge in [0.05, 0.1) is 6.10 Å². The molecule has 15 heavy (non-hydrogen) atoms. The Morgan fingerprint density at radius 1 is 1.20 bits per heavy atom. The molecule has 0 amide bonds. The van der Waals surface area contributed by atoms with Gasteiger partial charge in [0.2, 0.25) is 0 Å². The van der Waals surface area contributed by atoms with E-state index in [0.29, 0.717) is 5.92 Å². The third-order valence-corrected chi connectivity index (χ3v) is 2.34. The van der Waals surface area contributed by atoms with E-state index in [1.54, 1.807) is 0 Å². The molecule has 0 aliphatic rings. The fraction of sp³-hybridized carbons (Fsp3) is 0.429. The van der Waals surface area contributed by atoms with Gasteiger partial charge in [0.1, 0.15) is 5.75 Å². The lowest BCUT2D eigenvalue weighted by Crippen LogP contribution is -2.05. The minimum atomic E-state index is 0.237. The number of benzene rings is 1. The summed E-state index contributed by atoms with van der Waals surface area (Å²) in [6, 6.07) is 8.33. The SMILES string of the molecule is C=CCC(C)c1ccc(OC(C)C)cc1. The fourth-order valence-corrected chi connectivity index (χ4v) is 1.53. The minimum Gasteiger partial charge on any atom is -0.491 e. The second-order valence-corrected chi connectivity index (χ2v) is 4.16. The van der Waals surface area contributed by atoms with Gasteiger partial charge in [0.15, 0.2) is 0 Å². The summed E-state index contributed by atoms with van der Waals surface area (Å²) in [5.74, 6) is 1.48. The molecule has 0 spiro atoms. The second kappa shape index (κ2) is 5.59. The van der Waals surface area contributed by atoms with Crippen molar-refractivity contribution in [1.29, 1.82) is 0 Å². The van der Waals surface area contributed by atoms with Crippen LogP contribution in [0.1, 0.15) is 38.7 Å². The monoisotopic (exact) mass is 204 g/mol. The molecular weight excluding hydrogens is 184 g/mol. The zero-order valence-electron chi connectivity index (χ0n) is 9.86. The highest BCUT2D eigenvalue weighted by Crippen LogP contribution is 2.22. The summed E-state index contributed by atoms with van der Waals surface area (Å²) >= 11 is 0. The molecule has 1 aromatic carbocycles. The zero-order chi connectivity index (χ0) is 11.3. The van der Waals surface area contributed by atoms with Gasteiger partial charge >= 0.3 is 0 Å². The summed E-state index contributed by atoms with van der Waals surface area (Å²) in [5, 5.41) is 0. The van der Waals surface area contributed by atoms with Crippen LogP contribution in [0, 0.1) is 0 Å². The number of hydrogen-bond donors (Lipinski definition) is 0. The highest BCUT2D eigenvalue weighted by atomic mass is 16.5. The molecule has 0 aliphatic heterocycles. The predicted octanol–water partition coefficient (Wildman–Crippen LogP) is 4.15. The summed E-state index contributed by atoms with van der Waals surface area (Å²) < 4.78 is 5.59. The van der Waals surface area contributed by atoms with Crippen LogP contribution in [0.5, 0.6) is 5.75 Å². The number of ether oxygens (including phenoxy) is 1. The molecule has 0 saturated heterocycles. The van der Waals surface area contributed by atoms with Gasteiger partial charge in [-0.25, -0.2) is 0 Å². The van der Waals surface area contributed by atoms with E-state index in [4.69, 9.17) is 4.74 Å².